The van der Waals surface area contributed by atoms with Gasteiger partial charge in [-0.25, -0.2) is 0 Å². The second kappa shape index (κ2) is 20.0. The molecule has 2 N–H and O–H groups in total. The van der Waals surface area contributed by atoms with Gasteiger partial charge in [0.1, 0.15) is 0 Å². The number of hydrogen-bond donors (Lipinski definition) is 2. The lowest BCUT2D eigenvalue weighted by molar-refractivity contribution is 0.267. The molecular weight excluding hydrogens is 308 g/mol. The Hall–Kier alpha value is -0.340. The zero-order valence-corrected chi connectivity index (χ0v) is 17.2. The molecule has 0 amide bonds. The first-order valence-corrected chi connectivity index (χ1v) is 11.2. The van der Waals surface area contributed by atoms with Crippen LogP contribution in [0.2, 0.25) is 0 Å². The monoisotopic (exact) mass is 354 g/mol. The highest BCUT2D eigenvalue weighted by atomic mass is 16.3. The van der Waals surface area contributed by atoms with Gasteiger partial charge in [-0.1, -0.05) is 103 Å². The van der Waals surface area contributed by atoms with Crippen molar-refractivity contribution in [3.05, 3.63) is 12.2 Å². The van der Waals surface area contributed by atoms with Gasteiger partial charge in [0.2, 0.25) is 0 Å². The summed E-state index contributed by atoms with van der Waals surface area (Å²) in [6.07, 6.45) is 24.2. The number of hydrogen-bond acceptors (Lipinski definition) is 2. The maximum absolute atomic E-state index is 8.85. The molecule has 25 heavy (non-hydrogen) atoms. The third-order valence-electron chi connectivity index (χ3n) is 5.23. The molecule has 2 atom stereocenters. The maximum atomic E-state index is 8.85. The van der Waals surface area contributed by atoms with Crippen molar-refractivity contribution in [1.82, 2.24) is 0 Å². The molecule has 2 nitrogen and oxygen atoms in total. The summed E-state index contributed by atoms with van der Waals surface area (Å²) in [5, 5.41) is 17.3. The van der Waals surface area contributed by atoms with E-state index in [1.807, 2.05) is 6.08 Å². The first-order chi connectivity index (χ1) is 12.3. The molecule has 1 saturated carbocycles. The summed E-state index contributed by atoms with van der Waals surface area (Å²) < 4.78 is 0. The van der Waals surface area contributed by atoms with Crippen molar-refractivity contribution in [2.24, 2.45) is 11.8 Å². The fourth-order valence-electron chi connectivity index (χ4n) is 3.31. The van der Waals surface area contributed by atoms with Crippen LogP contribution in [0.4, 0.5) is 0 Å². The standard InChI is InChI=1S/C12H24O.C11H22O/c1-2-3-4-5-6-7-8-11-9-12(11)10-13;1-2-3-4-5-6-7-8-9-10-11-12/h11-13H,2-10H2,1H3;9-10,12H,2-8,11H2,1H3/b;10-9-/t11-,12-;/m0./s1. The van der Waals surface area contributed by atoms with Gasteiger partial charge in [-0.15, -0.1) is 0 Å². The number of allylic oxidation sites excluding steroid dienone is 1. The van der Waals surface area contributed by atoms with Crippen molar-refractivity contribution in [1.29, 1.82) is 0 Å². The third-order valence-corrected chi connectivity index (χ3v) is 5.23. The van der Waals surface area contributed by atoms with Gasteiger partial charge in [0, 0.05) is 6.61 Å². The summed E-state index contributed by atoms with van der Waals surface area (Å²) in [7, 11) is 0. The minimum atomic E-state index is 0.190. The Balaban J connectivity index is 0.000000463. The smallest absolute Gasteiger partial charge is 0.0612 e. The van der Waals surface area contributed by atoms with Crippen LogP contribution in [0.5, 0.6) is 0 Å². The molecule has 0 aromatic rings. The van der Waals surface area contributed by atoms with Crippen LogP contribution in [0.25, 0.3) is 0 Å². The summed E-state index contributed by atoms with van der Waals surface area (Å²) in [6, 6.07) is 0. The SMILES string of the molecule is CCCCCCCC/C=C\CO.CCCCCCCC[C@H]1C[C@H]1CO. The second-order valence-electron chi connectivity index (χ2n) is 7.71. The molecule has 0 saturated heterocycles. The minimum absolute atomic E-state index is 0.190. The molecule has 1 rings (SSSR count). The Morgan fingerprint density at radius 1 is 0.680 bits per heavy atom. The molecule has 0 aromatic heterocycles. The lowest BCUT2D eigenvalue weighted by Gasteiger charge is -1.99. The first kappa shape index (κ1) is 24.7. The normalized spacial score (nSPS) is 19.0. The van der Waals surface area contributed by atoms with E-state index in [0.717, 1.165) is 12.3 Å². The zero-order valence-electron chi connectivity index (χ0n) is 17.2. The van der Waals surface area contributed by atoms with Crippen LogP contribution in [0.3, 0.4) is 0 Å². The third kappa shape index (κ3) is 18.3. The topological polar surface area (TPSA) is 40.5 Å². The fraction of sp³-hybridized carbons (Fsp3) is 0.913. The maximum Gasteiger partial charge on any atom is 0.0612 e. The molecule has 1 fully saturated rings. The quantitative estimate of drug-likeness (QED) is 0.240. The Morgan fingerprint density at radius 3 is 1.76 bits per heavy atom. The molecule has 0 radical (unpaired) electrons. The number of unbranched alkanes of at least 4 members (excludes halogenated alkanes) is 11. The second-order valence-corrected chi connectivity index (χ2v) is 7.71. The summed E-state index contributed by atoms with van der Waals surface area (Å²) in [5.74, 6) is 1.56. The molecule has 0 aliphatic heterocycles. The van der Waals surface area contributed by atoms with E-state index < -0.39 is 0 Å². The molecule has 2 heteroatoms. The summed E-state index contributed by atoms with van der Waals surface area (Å²) in [4.78, 5) is 0. The van der Waals surface area contributed by atoms with Crippen molar-refractivity contribution in [3.8, 4) is 0 Å². The van der Waals surface area contributed by atoms with Crippen molar-refractivity contribution in [2.75, 3.05) is 13.2 Å². The highest BCUT2D eigenvalue weighted by Crippen LogP contribution is 2.41. The predicted octanol–water partition coefficient (Wildman–Crippen LogP) is 6.65. The average Bonchev–Trinajstić information content (AvgIpc) is 3.39. The molecule has 150 valence electrons. The van der Waals surface area contributed by atoms with Crippen LogP contribution in [0, 0.1) is 11.8 Å². The van der Waals surface area contributed by atoms with Gasteiger partial charge >= 0.3 is 0 Å². The van der Waals surface area contributed by atoms with Gasteiger partial charge in [0.25, 0.3) is 0 Å². The molecular formula is C23H46O2. The molecule has 1 aliphatic carbocycles. The highest BCUT2D eigenvalue weighted by Gasteiger charge is 2.34. The summed E-state index contributed by atoms with van der Waals surface area (Å²) in [6.45, 7) is 5.12. The van der Waals surface area contributed by atoms with E-state index in [9.17, 15) is 0 Å². The molecule has 0 aromatic carbocycles. The Kier molecular flexibility index (Phi) is 19.7. The van der Waals surface area contributed by atoms with E-state index in [2.05, 4.69) is 19.9 Å². The van der Waals surface area contributed by atoms with Crippen LogP contribution in [0.1, 0.15) is 110 Å². The van der Waals surface area contributed by atoms with Crippen molar-refractivity contribution < 1.29 is 10.2 Å². The number of aliphatic hydroxyl groups excluding tert-OH is 2. The van der Waals surface area contributed by atoms with E-state index in [0.29, 0.717) is 12.5 Å². The summed E-state index contributed by atoms with van der Waals surface area (Å²) >= 11 is 0. The molecule has 0 bridgehead atoms. The van der Waals surface area contributed by atoms with E-state index >= 15 is 0 Å². The van der Waals surface area contributed by atoms with Gasteiger partial charge in [-0.05, 0) is 31.1 Å². The van der Waals surface area contributed by atoms with E-state index in [4.69, 9.17) is 10.2 Å². The first-order valence-electron chi connectivity index (χ1n) is 11.2. The Morgan fingerprint density at radius 2 is 1.24 bits per heavy atom. The van der Waals surface area contributed by atoms with Crippen LogP contribution in [-0.2, 0) is 0 Å². The molecule has 1 aliphatic rings. The van der Waals surface area contributed by atoms with E-state index in [-0.39, 0.29) is 6.61 Å². The molecule has 0 heterocycles. The van der Waals surface area contributed by atoms with Gasteiger partial charge in [-0.3, -0.25) is 0 Å². The van der Waals surface area contributed by atoms with E-state index in [1.54, 1.807) is 0 Å². The van der Waals surface area contributed by atoms with Crippen LogP contribution in [0.15, 0.2) is 12.2 Å². The van der Waals surface area contributed by atoms with Crippen molar-refractivity contribution in [2.45, 2.75) is 110 Å². The van der Waals surface area contributed by atoms with Crippen molar-refractivity contribution >= 4 is 0 Å². The Bertz CT molecular complexity index is 275. The van der Waals surface area contributed by atoms with Gasteiger partial charge < -0.3 is 10.2 Å². The molecule has 0 unspecified atom stereocenters. The average molecular weight is 355 g/mol. The number of rotatable bonds is 16. The van der Waals surface area contributed by atoms with Crippen molar-refractivity contribution in [3.63, 3.8) is 0 Å². The highest BCUT2D eigenvalue weighted by molar-refractivity contribution is 4.85. The van der Waals surface area contributed by atoms with Gasteiger partial charge in [-0.2, -0.15) is 0 Å². The predicted molar refractivity (Wildman–Crippen MR) is 111 cm³/mol. The number of aliphatic hydroxyl groups is 2. The Labute approximate surface area is 158 Å². The van der Waals surface area contributed by atoms with Crippen LogP contribution >= 0.6 is 0 Å². The largest absolute Gasteiger partial charge is 0.396 e. The lowest BCUT2D eigenvalue weighted by atomic mass is 10.1. The van der Waals surface area contributed by atoms with Crippen LogP contribution < -0.4 is 0 Å². The zero-order chi connectivity index (χ0) is 18.6. The fourth-order valence-corrected chi connectivity index (χ4v) is 3.31. The summed E-state index contributed by atoms with van der Waals surface area (Å²) in [5.41, 5.74) is 0. The van der Waals surface area contributed by atoms with Crippen LogP contribution in [-0.4, -0.2) is 23.4 Å². The minimum Gasteiger partial charge on any atom is -0.396 e. The van der Waals surface area contributed by atoms with E-state index in [1.165, 1.54) is 89.9 Å². The van der Waals surface area contributed by atoms with Gasteiger partial charge in [0.15, 0.2) is 0 Å². The van der Waals surface area contributed by atoms with Gasteiger partial charge in [0.05, 0.1) is 6.61 Å². The lowest BCUT2D eigenvalue weighted by Crippen LogP contribution is -1.89. The molecule has 0 spiro atoms.